The zero-order valence-electron chi connectivity index (χ0n) is 18.2. The van der Waals surface area contributed by atoms with E-state index >= 15 is 0 Å². The van der Waals surface area contributed by atoms with Crippen molar-refractivity contribution in [3.8, 4) is 0 Å². The molecule has 6 nitrogen and oxygen atoms in total. The van der Waals surface area contributed by atoms with Gasteiger partial charge in [0.15, 0.2) is 5.96 Å². The van der Waals surface area contributed by atoms with Crippen molar-refractivity contribution in [2.45, 2.75) is 57.3 Å². The van der Waals surface area contributed by atoms with Gasteiger partial charge in [0.2, 0.25) is 10.0 Å². The van der Waals surface area contributed by atoms with Crippen LogP contribution in [0.4, 0.5) is 0 Å². The molecule has 1 aliphatic carbocycles. The molecule has 0 bridgehead atoms. The Balaban J connectivity index is 0.00000320. The lowest BCUT2D eigenvalue weighted by molar-refractivity contribution is 0.274. The van der Waals surface area contributed by atoms with Gasteiger partial charge in [-0.05, 0) is 50.0 Å². The third-order valence-electron chi connectivity index (χ3n) is 6.34. The van der Waals surface area contributed by atoms with Gasteiger partial charge in [-0.3, -0.25) is 4.99 Å². The SMILES string of the molecule is CCNC(=NCC1(c2cccs2)CCCCC1)NCC1CCN(S(C)(=O)=O)CC1.I. The third-order valence-corrected chi connectivity index (χ3v) is 8.76. The average molecular weight is 569 g/mol. The molecular formula is C21H37IN4O2S2. The summed E-state index contributed by atoms with van der Waals surface area (Å²) in [6, 6.07) is 4.44. The Hall–Kier alpha value is -0.390. The van der Waals surface area contributed by atoms with Crippen molar-refractivity contribution < 1.29 is 8.42 Å². The molecule has 1 saturated carbocycles. The van der Waals surface area contributed by atoms with E-state index in [1.54, 1.807) is 4.31 Å². The molecule has 0 unspecified atom stereocenters. The van der Waals surface area contributed by atoms with E-state index in [-0.39, 0.29) is 29.4 Å². The predicted molar refractivity (Wildman–Crippen MR) is 138 cm³/mol. The molecule has 1 aromatic heterocycles. The molecule has 1 aromatic rings. The van der Waals surface area contributed by atoms with Crippen LogP contribution in [0.3, 0.4) is 0 Å². The fraction of sp³-hybridized carbons (Fsp3) is 0.762. The first-order valence-corrected chi connectivity index (χ1v) is 13.7. The average Bonchev–Trinajstić information content (AvgIpc) is 3.26. The number of nitrogens with one attached hydrogen (secondary N) is 2. The maximum absolute atomic E-state index is 11.7. The van der Waals surface area contributed by atoms with Gasteiger partial charge in [-0.15, -0.1) is 35.3 Å². The number of halogens is 1. The number of aliphatic imine (C=N–C) groups is 1. The van der Waals surface area contributed by atoms with Gasteiger partial charge in [-0.25, -0.2) is 12.7 Å². The lowest BCUT2D eigenvalue weighted by Gasteiger charge is -2.35. The molecule has 30 heavy (non-hydrogen) atoms. The van der Waals surface area contributed by atoms with Gasteiger partial charge in [0.1, 0.15) is 0 Å². The standard InChI is InChI=1S/C21H36N4O2S2.HI/c1-3-22-20(23-16-18-9-13-25(14-10-18)29(2,26)27)24-17-21(11-5-4-6-12-21)19-8-7-15-28-19;/h7-8,15,18H,3-6,9-14,16-17H2,1-2H3,(H2,22,23,24);1H. The number of thiophene rings is 1. The van der Waals surface area contributed by atoms with Crippen LogP contribution in [-0.2, 0) is 15.4 Å². The zero-order chi connectivity index (χ0) is 20.7. The van der Waals surface area contributed by atoms with E-state index < -0.39 is 10.0 Å². The van der Waals surface area contributed by atoms with Crippen LogP contribution < -0.4 is 10.6 Å². The van der Waals surface area contributed by atoms with Gasteiger partial charge in [-0.1, -0.05) is 25.3 Å². The van der Waals surface area contributed by atoms with E-state index in [0.29, 0.717) is 19.0 Å². The smallest absolute Gasteiger partial charge is 0.211 e. The van der Waals surface area contributed by atoms with Crippen LogP contribution in [0.25, 0.3) is 0 Å². The van der Waals surface area contributed by atoms with E-state index in [1.165, 1.54) is 43.2 Å². The van der Waals surface area contributed by atoms with Gasteiger partial charge in [0.25, 0.3) is 0 Å². The number of hydrogen-bond acceptors (Lipinski definition) is 4. The normalized spacial score (nSPS) is 21.1. The molecule has 0 amide bonds. The fourth-order valence-corrected chi connectivity index (χ4v) is 6.40. The number of hydrogen-bond donors (Lipinski definition) is 2. The molecule has 1 saturated heterocycles. The van der Waals surface area contributed by atoms with Crippen molar-refractivity contribution in [2.24, 2.45) is 10.9 Å². The van der Waals surface area contributed by atoms with Crippen LogP contribution in [0.1, 0.15) is 56.7 Å². The number of nitrogens with zero attached hydrogens (tertiary/aromatic N) is 2. The molecule has 172 valence electrons. The van der Waals surface area contributed by atoms with Crippen molar-refractivity contribution in [1.29, 1.82) is 0 Å². The molecule has 0 radical (unpaired) electrons. The number of rotatable bonds is 7. The first-order valence-electron chi connectivity index (χ1n) is 10.9. The zero-order valence-corrected chi connectivity index (χ0v) is 22.2. The molecule has 9 heteroatoms. The molecule has 2 aliphatic rings. The van der Waals surface area contributed by atoms with Gasteiger partial charge >= 0.3 is 0 Å². The largest absolute Gasteiger partial charge is 0.357 e. The van der Waals surface area contributed by atoms with Crippen molar-refractivity contribution in [3.63, 3.8) is 0 Å². The summed E-state index contributed by atoms with van der Waals surface area (Å²) in [5, 5.41) is 9.10. The second-order valence-corrected chi connectivity index (χ2v) is 11.4. The summed E-state index contributed by atoms with van der Waals surface area (Å²) in [5.74, 6) is 1.37. The molecule has 1 aliphatic heterocycles. The molecule has 2 fully saturated rings. The second-order valence-electron chi connectivity index (χ2n) is 8.50. The van der Waals surface area contributed by atoms with Gasteiger partial charge in [0.05, 0.1) is 12.8 Å². The molecule has 0 aromatic carbocycles. The van der Waals surface area contributed by atoms with Crippen molar-refractivity contribution in [3.05, 3.63) is 22.4 Å². The predicted octanol–water partition coefficient (Wildman–Crippen LogP) is 3.79. The molecule has 2 heterocycles. The summed E-state index contributed by atoms with van der Waals surface area (Å²) in [6.45, 7) is 5.85. The highest BCUT2D eigenvalue weighted by atomic mass is 127. The summed E-state index contributed by atoms with van der Waals surface area (Å²) in [4.78, 5) is 6.48. The Labute approximate surface area is 203 Å². The second kappa shape index (κ2) is 12.0. The van der Waals surface area contributed by atoms with Gasteiger partial charge in [0, 0.05) is 36.5 Å². The first-order chi connectivity index (χ1) is 13.9. The first kappa shape index (κ1) is 25.9. The van der Waals surface area contributed by atoms with E-state index in [1.807, 2.05) is 11.3 Å². The Morgan fingerprint density at radius 3 is 2.50 bits per heavy atom. The molecule has 2 N–H and O–H groups in total. The lowest BCUT2D eigenvalue weighted by atomic mass is 9.73. The Bertz CT molecular complexity index is 754. The Morgan fingerprint density at radius 1 is 1.23 bits per heavy atom. The van der Waals surface area contributed by atoms with Crippen LogP contribution in [0.15, 0.2) is 22.5 Å². The van der Waals surface area contributed by atoms with Crippen LogP contribution in [0.2, 0.25) is 0 Å². The number of sulfonamides is 1. The summed E-state index contributed by atoms with van der Waals surface area (Å²) >= 11 is 1.87. The highest BCUT2D eigenvalue weighted by molar-refractivity contribution is 14.0. The third kappa shape index (κ3) is 7.06. The number of piperidine rings is 1. The minimum atomic E-state index is -3.06. The lowest BCUT2D eigenvalue weighted by Crippen LogP contribution is -2.44. The Morgan fingerprint density at radius 2 is 1.93 bits per heavy atom. The van der Waals surface area contributed by atoms with Crippen molar-refractivity contribution in [2.75, 3.05) is 39.0 Å². The summed E-state index contributed by atoms with van der Waals surface area (Å²) in [5.41, 5.74) is 0.190. The molecular weight excluding hydrogens is 531 g/mol. The molecule has 0 atom stereocenters. The van der Waals surface area contributed by atoms with Crippen molar-refractivity contribution in [1.82, 2.24) is 14.9 Å². The number of guanidine groups is 1. The topological polar surface area (TPSA) is 73.8 Å². The van der Waals surface area contributed by atoms with Crippen LogP contribution in [0.5, 0.6) is 0 Å². The van der Waals surface area contributed by atoms with Crippen LogP contribution in [-0.4, -0.2) is 57.7 Å². The summed E-state index contributed by atoms with van der Waals surface area (Å²) in [7, 11) is -3.06. The monoisotopic (exact) mass is 568 g/mol. The van der Waals surface area contributed by atoms with Gasteiger partial charge in [-0.2, -0.15) is 0 Å². The maximum atomic E-state index is 11.7. The molecule has 3 rings (SSSR count). The minimum absolute atomic E-state index is 0. The summed E-state index contributed by atoms with van der Waals surface area (Å²) < 4.78 is 25.0. The van der Waals surface area contributed by atoms with Crippen LogP contribution in [0, 0.1) is 5.92 Å². The van der Waals surface area contributed by atoms with E-state index in [4.69, 9.17) is 4.99 Å². The fourth-order valence-electron chi connectivity index (χ4n) is 4.55. The van der Waals surface area contributed by atoms with E-state index in [2.05, 4.69) is 35.1 Å². The minimum Gasteiger partial charge on any atom is -0.357 e. The van der Waals surface area contributed by atoms with Crippen molar-refractivity contribution >= 4 is 51.3 Å². The van der Waals surface area contributed by atoms with Gasteiger partial charge < -0.3 is 10.6 Å². The Kier molecular flexibility index (Phi) is 10.4. The highest BCUT2D eigenvalue weighted by Gasteiger charge is 2.34. The summed E-state index contributed by atoms with van der Waals surface area (Å²) in [6.07, 6.45) is 9.46. The quantitative estimate of drug-likeness (QED) is 0.298. The van der Waals surface area contributed by atoms with E-state index in [9.17, 15) is 8.42 Å². The maximum Gasteiger partial charge on any atom is 0.211 e. The van der Waals surface area contributed by atoms with E-state index in [0.717, 1.165) is 38.4 Å². The molecule has 0 spiro atoms. The van der Waals surface area contributed by atoms with Crippen LogP contribution >= 0.6 is 35.3 Å². The highest BCUT2D eigenvalue weighted by Crippen LogP contribution is 2.41.